The lowest BCUT2D eigenvalue weighted by Crippen LogP contribution is -2.28. The van der Waals surface area contributed by atoms with Gasteiger partial charge in [0.1, 0.15) is 23.6 Å². The van der Waals surface area contributed by atoms with E-state index >= 15 is 0 Å². The molecule has 0 amide bonds. The van der Waals surface area contributed by atoms with Crippen LogP contribution in [-0.2, 0) is 0 Å². The lowest BCUT2D eigenvalue weighted by Gasteiger charge is -2.13. The Morgan fingerprint density at radius 2 is 2.08 bits per heavy atom. The molecule has 6 heteroatoms. The quantitative estimate of drug-likeness (QED) is 0.616. The Morgan fingerprint density at radius 3 is 3.00 bits per heavy atom. The van der Waals surface area contributed by atoms with E-state index in [0.717, 1.165) is 46.8 Å². The van der Waals surface area contributed by atoms with E-state index < -0.39 is 0 Å². The molecule has 4 heterocycles. The maximum atomic E-state index is 6.10. The summed E-state index contributed by atoms with van der Waals surface area (Å²) in [5.41, 5.74) is 2.45. The number of rotatable bonds is 4. The van der Waals surface area contributed by atoms with Crippen LogP contribution >= 0.6 is 0 Å². The third-order valence-electron chi connectivity index (χ3n) is 4.83. The van der Waals surface area contributed by atoms with Crippen molar-refractivity contribution in [3.05, 3.63) is 54.7 Å². The van der Waals surface area contributed by atoms with Crippen LogP contribution in [0.15, 0.2) is 54.7 Å². The number of hydrogen-bond donors (Lipinski definition) is 1. The standard InChI is InChI=1S/C20H19N5O/c1-2-12-25-18(8-1)23-24-20(25)16-10-9-14-5-3-7-17(19(14)22-16)26-13-15-6-4-11-21-15/h1-3,5,7-10,12,15,21H,4,6,11,13H2. The van der Waals surface area contributed by atoms with Crippen LogP contribution in [0.3, 0.4) is 0 Å². The molecule has 0 spiro atoms. The highest BCUT2D eigenvalue weighted by molar-refractivity contribution is 5.86. The van der Waals surface area contributed by atoms with E-state index in [2.05, 4.69) is 27.6 Å². The second kappa shape index (κ2) is 6.38. The minimum absolute atomic E-state index is 0.425. The average molecular weight is 345 g/mol. The third kappa shape index (κ3) is 2.68. The SMILES string of the molecule is c1cc(OCC2CCCN2)c2nc(-c3nnc4ccccn34)ccc2c1. The molecule has 26 heavy (non-hydrogen) atoms. The molecule has 1 N–H and O–H groups in total. The van der Waals surface area contributed by atoms with Crippen molar-refractivity contribution in [2.75, 3.05) is 13.2 Å². The van der Waals surface area contributed by atoms with Crippen molar-refractivity contribution in [3.8, 4) is 17.3 Å². The van der Waals surface area contributed by atoms with Gasteiger partial charge in [0.2, 0.25) is 0 Å². The van der Waals surface area contributed by atoms with Gasteiger partial charge in [0.25, 0.3) is 0 Å². The zero-order chi connectivity index (χ0) is 17.3. The fraction of sp³-hybridized carbons (Fsp3) is 0.250. The highest BCUT2D eigenvalue weighted by Gasteiger charge is 2.16. The molecule has 6 nitrogen and oxygen atoms in total. The van der Waals surface area contributed by atoms with Gasteiger partial charge in [-0.25, -0.2) is 4.98 Å². The highest BCUT2D eigenvalue weighted by atomic mass is 16.5. The van der Waals surface area contributed by atoms with Crippen LogP contribution in [0, 0.1) is 0 Å². The van der Waals surface area contributed by atoms with Crippen molar-refractivity contribution in [3.63, 3.8) is 0 Å². The Labute approximate surface area is 150 Å². The summed E-state index contributed by atoms with van der Waals surface area (Å²) in [6, 6.07) is 16.3. The average Bonchev–Trinajstić information content (AvgIpc) is 3.35. The number of ether oxygens (including phenoxy) is 1. The van der Waals surface area contributed by atoms with Gasteiger partial charge in [0.05, 0.1) is 0 Å². The number of fused-ring (bicyclic) bond motifs is 2. The summed E-state index contributed by atoms with van der Waals surface area (Å²) in [6.07, 6.45) is 4.33. The Kier molecular flexibility index (Phi) is 3.75. The topological polar surface area (TPSA) is 64.3 Å². The molecule has 1 aromatic carbocycles. The predicted molar refractivity (Wildman–Crippen MR) is 100 cm³/mol. The van der Waals surface area contributed by atoms with Crippen LogP contribution in [0.4, 0.5) is 0 Å². The molecular weight excluding hydrogens is 326 g/mol. The van der Waals surface area contributed by atoms with Gasteiger partial charge in [-0.05, 0) is 43.7 Å². The Hall–Kier alpha value is -2.99. The summed E-state index contributed by atoms with van der Waals surface area (Å²) in [5, 5.41) is 13.0. The van der Waals surface area contributed by atoms with E-state index in [1.165, 1.54) is 6.42 Å². The summed E-state index contributed by atoms with van der Waals surface area (Å²) in [5.74, 6) is 1.54. The molecule has 0 bridgehead atoms. The maximum absolute atomic E-state index is 6.10. The lowest BCUT2D eigenvalue weighted by molar-refractivity contribution is 0.280. The minimum Gasteiger partial charge on any atom is -0.490 e. The number of para-hydroxylation sites is 1. The van der Waals surface area contributed by atoms with E-state index in [1.54, 1.807) is 0 Å². The molecule has 0 aliphatic carbocycles. The first-order chi connectivity index (χ1) is 12.9. The second-order valence-corrected chi connectivity index (χ2v) is 6.58. The Balaban J connectivity index is 1.54. The van der Waals surface area contributed by atoms with Crippen LogP contribution in [0.2, 0.25) is 0 Å². The van der Waals surface area contributed by atoms with Crippen molar-refractivity contribution >= 4 is 16.6 Å². The van der Waals surface area contributed by atoms with Gasteiger partial charge in [-0.15, -0.1) is 10.2 Å². The number of pyridine rings is 2. The predicted octanol–water partition coefficient (Wildman–Crippen LogP) is 3.08. The molecule has 4 aromatic rings. The van der Waals surface area contributed by atoms with Crippen molar-refractivity contribution in [1.82, 2.24) is 24.9 Å². The van der Waals surface area contributed by atoms with Crippen LogP contribution in [0.5, 0.6) is 5.75 Å². The van der Waals surface area contributed by atoms with Gasteiger partial charge in [-0.1, -0.05) is 24.3 Å². The summed E-state index contributed by atoms with van der Waals surface area (Å²) in [6.45, 7) is 1.74. The van der Waals surface area contributed by atoms with E-state index in [1.807, 2.05) is 47.0 Å². The molecule has 0 radical (unpaired) electrons. The highest BCUT2D eigenvalue weighted by Crippen LogP contribution is 2.27. The Bertz CT molecular complexity index is 1070. The van der Waals surface area contributed by atoms with Crippen LogP contribution in [0.1, 0.15) is 12.8 Å². The maximum Gasteiger partial charge on any atom is 0.187 e. The smallest absolute Gasteiger partial charge is 0.187 e. The summed E-state index contributed by atoms with van der Waals surface area (Å²) in [4.78, 5) is 4.84. The van der Waals surface area contributed by atoms with Gasteiger partial charge in [0, 0.05) is 17.6 Å². The van der Waals surface area contributed by atoms with Crippen molar-refractivity contribution < 1.29 is 4.74 Å². The molecule has 1 fully saturated rings. The van der Waals surface area contributed by atoms with E-state index in [4.69, 9.17) is 9.72 Å². The number of aromatic nitrogens is 4. The summed E-state index contributed by atoms with van der Waals surface area (Å²) in [7, 11) is 0. The molecule has 3 aromatic heterocycles. The Morgan fingerprint density at radius 1 is 1.08 bits per heavy atom. The third-order valence-corrected chi connectivity index (χ3v) is 4.83. The molecule has 1 unspecified atom stereocenters. The van der Waals surface area contributed by atoms with Crippen LogP contribution in [-0.4, -0.2) is 38.8 Å². The monoisotopic (exact) mass is 345 g/mol. The number of hydrogen-bond acceptors (Lipinski definition) is 5. The molecule has 1 saturated heterocycles. The van der Waals surface area contributed by atoms with Crippen molar-refractivity contribution in [2.24, 2.45) is 0 Å². The normalized spacial score (nSPS) is 17.2. The van der Waals surface area contributed by atoms with Gasteiger partial charge < -0.3 is 10.1 Å². The molecule has 1 atom stereocenters. The van der Waals surface area contributed by atoms with Gasteiger partial charge in [0.15, 0.2) is 11.5 Å². The number of benzene rings is 1. The zero-order valence-corrected chi connectivity index (χ0v) is 14.3. The molecule has 5 rings (SSSR count). The lowest BCUT2D eigenvalue weighted by atomic mass is 10.2. The van der Waals surface area contributed by atoms with E-state index in [-0.39, 0.29) is 0 Å². The van der Waals surface area contributed by atoms with Gasteiger partial charge in [-0.2, -0.15) is 0 Å². The summed E-state index contributed by atoms with van der Waals surface area (Å²) >= 11 is 0. The zero-order valence-electron chi connectivity index (χ0n) is 14.3. The number of nitrogens with zero attached hydrogens (tertiary/aromatic N) is 4. The molecule has 0 saturated carbocycles. The minimum atomic E-state index is 0.425. The van der Waals surface area contributed by atoms with Crippen LogP contribution < -0.4 is 10.1 Å². The fourth-order valence-corrected chi connectivity index (χ4v) is 3.47. The van der Waals surface area contributed by atoms with Crippen molar-refractivity contribution in [1.29, 1.82) is 0 Å². The van der Waals surface area contributed by atoms with Crippen LogP contribution in [0.25, 0.3) is 28.1 Å². The molecule has 130 valence electrons. The van der Waals surface area contributed by atoms with Gasteiger partial charge in [-0.3, -0.25) is 4.40 Å². The van der Waals surface area contributed by atoms with E-state index in [9.17, 15) is 0 Å². The largest absolute Gasteiger partial charge is 0.490 e. The first-order valence-corrected chi connectivity index (χ1v) is 8.94. The van der Waals surface area contributed by atoms with Gasteiger partial charge >= 0.3 is 0 Å². The first kappa shape index (κ1) is 15.3. The van der Waals surface area contributed by atoms with E-state index in [0.29, 0.717) is 12.6 Å². The molecule has 1 aliphatic heterocycles. The number of nitrogens with one attached hydrogen (secondary N) is 1. The molecular formula is C20H19N5O. The van der Waals surface area contributed by atoms with Crippen molar-refractivity contribution in [2.45, 2.75) is 18.9 Å². The fourth-order valence-electron chi connectivity index (χ4n) is 3.47. The summed E-state index contributed by atoms with van der Waals surface area (Å²) < 4.78 is 8.04. The first-order valence-electron chi connectivity index (χ1n) is 8.94. The molecule has 1 aliphatic rings. The second-order valence-electron chi connectivity index (χ2n) is 6.58.